The second kappa shape index (κ2) is 6.66. The summed E-state index contributed by atoms with van der Waals surface area (Å²) in [5.41, 5.74) is -3.59. The minimum Gasteiger partial charge on any atom is -0.378 e. The van der Waals surface area contributed by atoms with Crippen molar-refractivity contribution >= 4 is 11.8 Å². The van der Waals surface area contributed by atoms with Gasteiger partial charge in [0.05, 0.1) is 31.9 Å². The van der Waals surface area contributed by atoms with E-state index in [1.807, 2.05) is 4.90 Å². The SMILES string of the molecule is COC(C)(C)CN1c2nc(N3CCOCC3)cc(=O)n2C[C@@]1(C)C(F)(F)F. The molecule has 3 heterocycles. The van der Waals surface area contributed by atoms with E-state index in [1.165, 1.54) is 13.2 Å². The summed E-state index contributed by atoms with van der Waals surface area (Å²) in [6.45, 7) is 6.00. The van der Waals surface area contributed by atoms with E-state index in [4.69, 9.17) is 9.47 Å². The van der Waals surface area contributed by atoms with Crippen LogP contribution in [-0.4, -0.2) is 66.8 Å². The topological polar surface area (TPSA) is 59.8 Å². The van der Waals surface area contributed by atoms with E-state index < -0.39 is 29.4 Å². The van der Waals surface area contributed by atoms with Gasteiger partial charge in [0.25, 0.3) is 5.56 Å². The molecule has 2 aliphatic rings. The molecule has 1 saturated heterocycles. The first-order chi connectivity index (χ1) is 12.5. The van der Waals surface area contributed by atoms with Gasteiger partial charge in [-0.1, -0.05) is 0 Å². The molecule has 0 N–H and O–H groups in total. The lowest BCUT2D eigenvalue weighted by atomic mass is 9.98. The maximum atomic E-state index is 14.0. The summed E-state index contributed by atoms with van der Waals surface area (Å²) in [7, 11) is 1.45. The van der Waals surface area contributed by atoms with Crippen molar-refractivity contribution in [2.75, 3.05) is 49.8 Å². The molecule has 27 heavy (non-hydrogen) atoms. The smallest absolute Gasteiger partial charge is 0.378 e. The highest BCUT2D eigenvalue weighted by molar-refractivity contribution is 5.50. The van der Waals surface area contributed by atoms with Crippen LogP contribution >= 0.6 is 0 Å². The number of hydrogen-bond donors (Lipinski definition) is 0. The first-order valence-corrected chi connectivity index (χ1v) is 8.83. The second-order valence-corrected chi connectivity index (χ2v) is 7.76. The highest BCUT2D eigenvalue weighted by Crippen LogP contribution is 2.44. The van der Waals surface area contributed by atoms with Crippen molar-refractivity contribution in [1.82, 2.24) is 9.55 Å². The van der Waals surface area contributed by atoms with E-state index in [2.05, 4.69) is 4.98 Å². The van der Waals surface area contributed by atoms with E-state index in [9.17, 15) is 18.0 Å². The van der Waals surface area contributed by atoms with Crippen LogP contribution in [0, 0.1) is 0 Å². The Labute approximate surface area is 155 Å². The third kappa shape index (κ3) is 3.52. The molecule has 152 valence electrons. The number of fused-ring (bicyclic) bond motifs is 1. The Morgan fingerprint density at radius 3 is 2.48 bits per heavy atom. The number of methoxy groups -OCH3 is 1. The Kier molecular flexibility index (Phi) is 4.92. The number of anilines is 2. The maximum Gasteiger partial charge on any atom is 0.413 e. The van der Waals surface area contributed by atoms with Gasteiger partial charge in [0.1, 0.15) is 5.82 Å². The minimum absolute atomic E-state index is 0.0222. The van der Waals surface area contributed by atoms with Crippen molar-refractivity contribution < 1.29 is 22.6 Å². The molecule has 0 amide bonds. The molecule has 1 fully saturated rings. The van der Waals surface area contributed by atoms with Gasteiger partial charge >= 0.3 is 6.18 Å². The Balaban J connectivity index is 2.09. The number of ether oxygens (including phenoxy) is 2. The number of hydrogen-bond acceptors (Lipinski definition) is 6. The van der Waals surface area contributed by atoms with E-state index in [-0.39, 0.29) is 12.5 Å². The van der Waals surface area contributed by atoms with Crippen LogP contribution in [-0.2, 0) is 16.0 Å². The van der Waals surface area contributed by atoms with Crippen LogP contribution in [0.25, 0.3) is 0 Å². The van der Waals surface area contributed by atoms with Crippen molar-refractivity contribution in [3.63, 3.8) is 0 Å². The Morgan fingerprint density at radius 2 is 1.93 bits per heavy atom. The minimum atomic E-state index is -4.55. The van der Waals surface area contributed by atoms with Crippen molar-refractivity contribution in [3.05, 3.63) is 16.4 Å². The van der Waals surface area contributed by atoms with E-state index in [1.54, 1.807) is 13.8 Å². The molecule has 1 aromatic rings. The molecular formula is C17H25F3N4O3. The van der Waals surface area contributed by atoms with E-state index in [0.717, 1.165) is 16.4 Å². The van der Waals surface area contributed by atoms with Gasteiger partial charge in [-0.3, -0.25) is 9.36 Å². The summed E-state index contributed by atoms with van der Waals surface area (Å²) >= 11 is 0. The first kappa shape index (κ1) is 19.9. The molecule has 10 heteroatoms. The molecule has 1 atom stereocenters. The summed E-state index contributed by atoms with van der Waals surface area (Å²) in [6.07, 6.45) is -4.55. The quantitative estimate of drug-likeness (QED) is 0.779. The number of halogens is 3. The fourth-order valence-corrected chi connectivity index (χ4v) is 3.34. The lowest BCUT2D eigenvalue weighted by Crippen LogP contribution is -2.59. The first-order valence-electron chi connectivity index (χ1n) is 8.83. The number of aromatic nitrogens is 2. The average Bonchev–Trinajstić information content (AvgIpc) is 2.89. The van der Waals surface area contributed by atoms with Crippen LogP contribution in [0.15, 0.2) is 10.9 Å². The van der Waals surface area contributed by atoms with Crippen LogP contribution in [0.3, 0.4) is 0 Å². The summed E-state index contributed by atoms with van der Waals surface area (Å²) in [4.78, 5) is 20.1. The second-order valence-electron chi connectivity index (χ2n) is 7.76. The zero-order chi connectivity index (χ0) is 20.0. The van der Waals surface area contributed by atoms with Gasteiger partial charge in [-0.15, -0.1) is 0 Å². The van der Waals surface area contributed by atoms with Gasteiger partial charge < -0.3 is 19.3 Å². The van der Waals surface area contributed by atoms with Crippen molar-refractivity contribution in [1.29, 1.82) is 0 Å². The van der Waals surface area contributed by atoms with Crippen LogP contribution in [0.4, 0.5) is 24.9 Å². The lowest BCUT2D eigenvalue weighted by molar-refractivity contribution is -0.183. The predicted octanol–water partition coefficient (Wildman–Crippen LogP) is 1.65. The van der Waals surface area contributed by atoms with Gasteiger partial charge in [0.2, 0.25) is 5.95 Å². The fraction of sp³-hybridized carbons (Fsp3) is 0.765. The third-order valence-corrected chi connectivity index (χ3v) is 5.31. The largest absolute Gasteiger partial charge is 0.413 e. The number of rotatable bonds is 4. The Hall–Kier alpha value is -1.81. The predicted molar refractivity (Wildman–Crippen MR) is 94.4 cm³/mol. The lowest BCUT2D eigenvalue weighted by Gasteiger charge is -2.40. The summed E-state index contributed by atoms with van der Waals surface area (Å²) in [6, 6.07) is 1.30. The van der Waals surface area contributed by atoms with Crippen LogP contribution in [0.2, 0.25) is 0 Å². The fourth-order valence-electron chi connectivity index (χ4n) is 3.34. The highest BCUT2D eigenvalue weighted by Gasteiger charge is 2.60. The van der Waals surface area contributed by atoms with Gasteiger partial charge in [-0.05, 0) is 20.8 Å². The molecule has 3 rings (SSSR count). The van der Waals surface area contributed by atoms with E-state index >= 15 is 0 Å². The molecule has 0 bridgehead atoms. The molecule has 0 spiro atoms. The van der Waals surface area contributed by atoms with Gasteiger partial charge in [-0.25, -0.2) is 0 Å². The zero-order valence-electron chi connectivity index (χ0n) is 16.0. The normalized spacial score (nSPS) is 23.7. The highest BCUT2D eigenvalue weighted by atomic mass is 19.4. The monoisotopic (exact) mass is 390 g/mol. The molecule has 0 saturated carbocycles. The van der Waals surface area contributed by atoms with Crippen LogP contribution in [0.5, 0.6) is 0 Å². The van der Waals surface area contributed by atoms with Crippen molar-refractivity contribution in [3.8, 4) is 0 Å². The summed E-state index contributed by atoms with van der Waals surface area (Å²) < 4.78 is 53.7. The summed E-state index contributed by atoms with van der Waals surface area (Å²) in [5, 5.41) is 0. The number of morpholine rings is 1. The van der Waals surface area contributed by atoms with E-state index in [0.29, 0.717) is 32.1 Å². The molecule has 2 aliphatic heterocycles. The zero-order valence-corrected chi connectivity index (χ0v) is 16.0. The summed E-state index contributed by atoms with van der Waals surface area (Å²) in [5.74, 6) is 0.398. The molecular weight excluding hydrogens is 365 g/mol. The van der Waals surface area contributed by atoms with Gasteiger partial charge in [-0.2, -0.15) is 18.2 Å². The third-order valence-electron chi connectivity index (χ3n) is 5.31. The molecule has 0 aliphatic carbocycles. The maximum absolute atomic E-state index is 14.0. The molecule has 0 unspecified atom stereocenters. The van der Waals surface area contributed by atoms with Gasteiger partial charge in [0.15, 0.2) is 5.54 Å². The number of alkyl halides is 3. The molecule has 0 aromatic carbocycles. The van der Waals surface area contributed by atoms with Crippen LogP contribution in [0.1, 0.15) is 20.8 Å². The Bertz CT molecular complexity index is 759. The van der Waals surface area contributed by atoms with Crippen molar-refractivity contribution in [2.24, 2.45) is 0 Å². The molecule has 0 radical (unpaired) electrons. The number of nitrogens with zero attached hydrogens (tertiary/aromatic N) is 4. The standard InChI is InChI=1S/C17H25F3N4O3/c1-15(2,26-4)10-24-14-21-12(22-5-7-27-8-6-22)9-13(25)23(14)11-16(24,3)17(18,19)20/h9H,5-8,10-11H2,1-4H3/t16-/m0/s1. The molecule has 7 nitrogen and oxygen atoms in total. The van der Waals surface area contributed by atoms with Gasteiger partial charge in [0, 0.05) is 26.3 Å². The van der Waals surface area contributed by atoms with Crippen molar-refractivity contribution in [2.45, 2.75) is 44.6 Å². The Morgan fingerprint density at radius 1 is 1.30 bits per heavy atom. The molecule has 1 aromatic heterocycles. The average molecular weight is 390 g/mol. The van der Waals surface area contributed by atoms with Crippen LogP contribution < -0.4 is 15.4 Å².